The lowest BCUT2D eigenvalue weighted by Crippen LogP contribution is -2.31. The van der Waals surface area contributed by atoms with Crippen molar-refractivity contribution in [1.29, 1.82) is 0 Å². The van der Waals surface area contributed by atoms with E-state index in [1.54, 1.807) is 24.3 Å². The van der Waals surface area contributed by atoms with Crippen LogP contribution in [0.2, 0.25) is 0 Å². The summed E-state index contributed by atoms with van der Waals surface area (Å²) in [7, 11) is 0. The Morgan fingerprint density at radius 1 is 0.833 bits per heavy atom. The van der Waals surface area contributed by atoms with E-state index in [9.17, 15) is 9.59 Å². The quantitative estimate of drug-likeness (QED) is 0.134. The molecule has 3 atom stereocenters. The Morgan fingerprint density at radius 3 is 1.94 bits per heavy atom. The fourth-order valence-electron chi connectivity index (χ4n) is 4.44. The van der Waals surface area contributed by atoms with Gasteiger partial charge >= 0.3 is 11.9 Å². The van der Waals surface area contributed by atoms with Crippen molar-refractivity contribution in [3.63, 3.8) is 0 Å². The number of ether oxygens (including phenoxy) is 2. The third-order valence-corrected chi connectivity index (χ3v) is 6.49. The standard InChI is InChI=1S/C32H44O4/c1-5-7-9-10-17-23-32(4,22-8-6-2)25-29(36-31(34)28-20-15-12-16-21-28)24-26(3)35-30(33)27-18-13-11-14-19-27/h11-21,23,26,29H,5-10,22,24-25H2,1-4H3. The second-order valence-electron chi connectivity index (χ2n) is 10.1. The third-order valence-electron chi connectivity index (χ3n) is 6.49. The minimum absolute atomic E-state index is 0.104. The van der Waals surface area contributed by atoms with Crippen molar-refractivity contribution in [3.8, 4) is 0 Å². The van der Waals surface area contributed by atoms with Gasteiger partial charge in [-0.05, 0) is 62.3 Å². The van der Waals surface area contributed by atoms with Crippen molar-refractivity contribution in [2.24, 2.45) is 5.41 Å². The summed E-state index contributed by atoms with van der Waals surface area (Å²) in [4.78, 5) is 25.6. The van der Waals surface area contributed by atoms with Crippen molar-refractivity contribution < 1.29 is 19.1 Å². The molecule has 196 valence electrons. The summed E-state index contributed by atoms with van der Waals surface area (Å²) in [5.74, 6) is -0.701. The summed E-state index contributed by atoms with van der Waals surface area (Å²) in [5, 5.41) is 0. The van der Waals surface area contributed by atoms with Gasteiger partial charge in [0.15, 0.2) is 0 Å². The SMILES string of the molecule is CCCCCC=CC(C)(CCCC)CC(CC(C)OC(=O)c1ccccc1)OC(=O)c1ccccc1. The van der Waals surface area contributed by atoms with E-state index in [0.717, 1.165) is 25.7 Å². The number of allylic oxidation sites excluding steroid dienone is 2. The number of carbonyl (C=O) groups is 2. The summed E-state index contributed by atoms with van der Waals surface area (Å²) in [6.45, 7) is 8.53. The first kappa shape index (κ1) is 29.4. The first-order valence-electron chi connectivity index (χ1n) is 13.6. The van der Waals surface area contributed by atoms with Crippen molar-refractivity contribution in [2.45, 2.75) is 97.7 Å². The van der Waals surface area contributed by atoms with E-state index in [1.165, 1.54) is 19.3 Å². The summed E-state index contributed by atoms with van der Waals surface area (Å²) in [6, 6.07) is 18.1. The van der Waals surface area contributed by atoms with Crippen LogP contribution >= 0.6 is 0 Å². The molecule has 0 bridgehead atoms. The summed E-state index contributed by atoms with van der Waals surface area (Å²) < 4.78 is 11.8. The Hall–Kier alpha value is -2.88. The zero-order chi connectivity index (χ0) is 26.2. The minimum atomic E-state index is -0.393. The van der Waals surface area contributed by atoms with E-state index in [2.05, 4.69) is 32.9 Å². The zero-order valence-electron chi connectivity index (χ0n) is 22.6. The Bertz CT molecular complexity index is 922. The maximum absolute atomic E-state index is 13.0. The van der Waals surface area contributed by atoms with Gasteiger partial charge in [-0.2, -0.15) is 0 Å². The van der Waals surface area contributed by atoms with Gasteiger partial charge in [0.05, 0.1) is 11.1 Å². The second-order valence-corrected chi connectivity index (χ2v) is 10.1. The maximum Gasteiger partial charge on any atom is 0.338 e. The molecule has 0 aromatic heterocycles. The van der Waals surface area contributed by atoms with Gasteiger partial charge in [-0.3, -0.25) is 0 Å². The molecule has 0 amide bonds. The normalized spacial score (nSPS) is 14.7. The molecular weight excluding hydrogens is 448 g/mol. The van der Waals surface area contributed by atoms with E-state index in [0.29, 0.717) is 24.0 Å². The molecule has 0 spiro atoms. The Morgan fingerprint density at radius 2 is 1.39 bits per heavy atom. The van der Waals surface area contributed by atoms with E-state index in [4.69, 9.17) is 9.47 Å². The van der Waals surface area contributed by atoms with Crippen LogP contribution in [0, 0.1) is 5.41 Å². The van der Waals surface area contributed by atoms with Crippen molar-refractivity contribution in [3.05, 3.63) is 83.9 Å². The predicted octanol–water partition coefficient (Wildman–Crippen LogP) is 8.57. The molecular formula is C32H44O4. The zero-order valence-corrected chi connectivity index (χ0v) is 22.6. The molecule has 0 saturated carbocycles. The van der Waals surface area contributed by atoms with Crippen LogP contribution in [0.4, 0.5) is 0 Å². The van der Waals surface area contributed by atoms with Gasteiger partial charge in [0.2, 0.25) is 0 Å². The predicted molar refractivity (Wildman–Crippen MR) is 147 cm³/mol. The van der Waals surface area contributed by atoms with Crippen LogP contribution in [0.1, 0.15) is 106 Å². The number of hydrogen-bond donors (Lipinski definition) is 0. The summed E-state index contributed by atoms with van der Waals surface area (Å²) in [6.07, 6.45) is 12.9. The highest BCUT2D eigenvalue weighted by Crippen LogP contribution is 2.34. The molecule has 0 aliphatic rings. The van der Waals surface area contributed by atoms with Crippen molar-refractivity contribution in [1.82, 2.24) is 0 Å². The number of esters is 2. The maximum atomic E-state index is 13.0. The molecule has 0 heterocycles. The lowest BCUT2D eigenvalue weighted by atomic mass is 9.78. The van der Waals surface area contributed by atoms with Gasteiger partial charge in [-0.15, -0.1) is 0 Å². The largest absolute Gasteiger partial charge is 0.459 e. The van der Waals surface area contributed by atoms with Crippen LogP contribution in [0.5, 0.6) is 0 Å². The Balaban J connectivity index is 2.16. The number of unbranched alkanes of at least 4 members (excludes halogenated alkanes) is 4. The molecule has 2 aromatic carbocycles. The highest BCUT2D eigenvalue weighted by molar-refractivity contribution is 5.90. The molecule has 0 aliphatic carbocycles. The molecule has 2 rings (SSSR count). The average Bonchev–Trinajstić information content (AvgIpc) is 2.88. The molecule has 4 heteroatoms. The summed E-state index contributed by atoms with van der Waals surface area (Å²) in [5.41, 5.74) is 0.944. The van der Waals surface area contributed by atoms with Gasteiger partial charge in [0.25, 0.3) is 0 Å². The van der Waals surface area contributed by atoms with Gasteiger partial charge in [-0.1, -0.05) is 95.0 Å². The molecule has 0 saturated heterocycles. The topological polar surface area (TPSA) is 52.6 Å². The lowest BCUT2D eigenvalue weighted by Gasteiger charge is -2.32. The molecule has 0 N–H and O–H groups in total. The minimum Gasteiger partial charge on any atom is -0.459 e. The summed E-state index contributed by atoms with van der Waals surface area (Å²) >= 11 is 0. The highest BCUT2D eigenvalue weighted by Gasteiger charge is 2.30. The van der Waals surface area contributed by atoms with Gasteiger partial charge in [-0.25, -0.2) is 9.59 Å². The first-order chi connectivity index (χ1) is 17.4. The molecule has 4 nitrogen and oxygen atoms in total. The van der Waals surface area contributed by atoms with Crippen LogP contribution in [-0.2, 0) is 9.47 Å². The fraction of sp³-hybridized carbons (Fsp3) is 0.500. The molecule has 0 aliphatic heterocycles. The second kappa shape index (κ2) is 16.0. The third kappa shape index (κ3) is 10.8. The Labute approximate surface area is 218 Å². The van der Waals surface area contributed by atoms with Crippen LogP contribution < -0.4 is 0 Å². The number of benzene rings is 2. The molecule has 0 fully saturated rings. The van der Waals surface area contributed by atoms with Crippen LogP contribution in [0.25, 0.3) is 0 Å². The molecule has 0 radical (unpaired) electrons. The molecule has 36 heavy (non-hydrogen) atoms. The van der Waals surface area contributed by atoms with Crippen molar-refractivity contribution in [2.75, 3.05) is 0 Å². The smallest absolute Gasteiger partial charge is 0.338 e. The van der Waals surface area contributed by atoms with E-state index < -0.39 is 6.10 Å². The van der Waals surface area contributed by atoms with Crippen LogP contribution in [-0.4, -0.2) is 24.1 Å². The fourth-order valence-corrected chi connectivity index (χ4v) is 4.44. The van der Waals surface area contributed by atoms with Gasteiger partial charge < -0.3 is 9.47 Å². The number of rotatable bonds is 16. The van der Waals surface area contributed by atoms with Gasteiger partial charge in [0.1, 0.15) is 12.2 Å². The van der Waals surface area contributed by atoms with E-state index in [1.807, 2.05) is 43.3 Å². The highest BCUT2D eigenvalue weighted by atomic mass is 16.6. The van der Waals surface area contributed by atoms with Crippen molar-refractivity contribution >= 4 is 11.9 Å². The molecule has 3 unspecified atom stereocenters. The Kier molecular flexibility index (Phi) is 13.0. The lowest BCUT2D eigenvalue weighted by molar-refractivity contribution is -0.00555. The monoisotopic (exact) mass is 492 g/mol. The average molecular weight is 493 g/mol. The van der Waals surface area contributed by atoms with Crippen LogP contribution in [0.3, 0.4) is 0 Å². The van der Waals surface area contributed by atoms with Crippen LogP contribution in [0.15, 0.2) is 72.8 Å². The number of hydrogen-bond acceptors (Lipinski definition) is 4. The van der Waals surface area contributed by atoms with E-state index in [-0.39, 0.29) is 23.5 Å². The first-order valence-corrected chi connectivity index (χ1v) is 13.6. The number of carbonyl (C=O) groups excluding carboxylic acids is 2. The molecule has 2 aromatic rings. The van der Waals surface area contributed by atoms with E-state index >= 15 is 0 Å². The van der Waals surface area contributed by atoms with Gasteiger partial charge in [0, 0.05) is 6.42 Å².